The van der Waals surface area contributed by atoms with Crippen LogP contribution in [0.1, 0.15) is 24.0 Å². The molecule has 3 aromatic rings. The van der Waals surface area contributed by atoms with E-state index in [1.54, 1.807) is 31.0 Å². The molecule has 0 amide bonds. The zero-order chi connectivity index (χ0) is 21.3. The number of alkyl halides is 3. The summed E-state index contributed by atoms with van der Waals surface area (Å²) >= 11 is 0. The number of nitrogens with zero attached hydrogens (tertiary/aromatic N) is 2. The Morgan fingerprint density at radius 2 is 1.87 bits per heavy atom. The molecule has 1 N–H and O–H groups in total. The minimum absolute atomic E-state index is 0.356. The lowest BCUT2D eigenvalue weighted by molar-refractivity contribution is -0.137. The van der Waals surface area contributed by atoms with Gasteiger partial charge >= 0.3 is 6.18 Å². The van der Waals surface area contributed by atoms with Crippen LogP contribution in [0.15, 0.2) is 42.5 Å². The normalized spacial score (nSPS) is 13.9. The molecule has 0 saturated carbocycles. The first-order valence-corrected chi connectivity index (χ1v) is 9.68. The zero-order valence-electron chi connectivity index (χ0n) is 16.7. The lowest BCUT2D eigenvalue weighted by Gasteiger charge is -2.12. The van der Waals surface area contributed by atoms with Gasteiger partial charge in [-0.15, -0.1) is 0 Å². The van der Waals surface area contributed by atoms with Gasteiger partial charge in [0.05, 0.1) is 25.5 Å². The second-order valence-corrected chi connectivity index (χ2v) is 7.09. The Morgan fingerprint density at radius 1 is 1.03 bits per heavy atom. The summed E-state index contributed by atoms with van der Waals surface area (Å²) in [5.74, 6) is 1.96. The molecular formula is C22H22F3N3O2. The quantitative estimate of drug-likeness (QED) is 0.624. The van der Waals surface area contributed by atoms with E-state index < -0.39 is 11.7 Å². The highest BCUT2D eigenvalue weighted by atomic mass is 19.4. The monoisotopic (exact) mass is 417 g/mol. The summed E-state index contributed by atoms with van der Waals surface area (Å²) in [6, 6.07) is 10.7. The summed E-state index contributed by atoms with van der Waals surface area (Å²) in [4.78, 5) is 0. The number of nitrogens with one attached hydrogen (secondary N) is 1. The van der Waals surface area contributed by atoms with Crippen molar-refractivity contribution in [2.24, 2.45) is 0 Å². The predicted molar refractivity (Wildman–Crippen MR) is 109 cm³/mol. The minimum atomic E-state index is -4.42. The van der Waals surface area contributed by atoms with Crippen molar-refractivity contribution >= 4 is 5.82 Å². The Morgan fingerprint density at radius 3 is 2.60 bits per heavy atom. The summed E-state index contributed by atoms with van der Waals surface area (Å²) in [6.07, 6.45) is -1.72. The van der Waals surface area contributed by atoms with Crippen LogP contribution in [0.2, 0.25) is 0 Å². The third kappa shape index (κ3) is 3.69. The van der Waals surface area contributed by atoms with Crippen LogP contribution in [0, 0.1) is 0 Å². The number of fused-ring (bicyclic) bond motifs is 1. The van der Waals surface area contributed by atoms with E-state index in [1.165, 1.54) is 6.07 Å². The van der Waals surface area contributed by atoms with Gasteiger partial charge in [-0.3, -0.25) is 0 Å². The van der Waals surface area contributed by atoms with E-state index in [0.717, 1.165) is 54.9 Å². The standard InChI is InChI=1S/C22H22F3N3O2/c1-29-16-9-10-17(19(13-16)30-2)20-18-8-3-4-11-26-21(18)28(27-20)15-7-5-6-14(12-15)22(23,24)25/h5-7,9-10,12-13,26H,3-4,8,11H2,1-2H3. The zero-order valence-corrected chi connectivity index (χ0v) is 16.7. The summed E-state index contributed by atoms with van der Waals surface area (Å²) in [6.45, 7) is 0.733. The Bertz CT molecular complexity index is 1060. The van der Waals surface area contributed by atoms with E-state index >= 15 is 0 Å². The fourth-order valence-corrected chi connectivity index (χ4v) is 3.71. The van der Waals surface area contributed by atoms with Crippen molar-refractivity contribution in [2.45, 2.75) is 25.4 Å². The SMILES string of the molecule is COc1ccc(-c2nn(-c3cccc(C(F)(F)F)c3)c3c2CCCCN3)c(OC)c1. The Balaban J connectivity index is 1.90. The number of hydrogen-bond donors (Lipinski definition) is 1. The van der Waals surface area contributed by atoms with Crippen molar-refractivity contribution in [3.05, 3.63) is 53.6 Å². The average molecular weight is 417 g/mol. The van der Waals surface area contributed by atoms with Crippen LogP contribution in [-0.2, 0) is 12.6 Å². The highest BCUT2D eigenvalue weighted by molar-refractivity contribution is 5.76. The number of rotatable bonds is 4. The number of methoxy groups -OCH3 is 2. The Kier molecular flexibility index (Phi) is 5.32. The van der Waals surface area contributed by atoms with Crippen LogP contribution >= 0.6 is 0 Å². The summed E-state index contributed by atoms with van der Waals surface area (Å²) in [7, 11) is 3.14. The van der Waals surface area contributed by atoms with Crippen LogP contribution in [0.25, 0.3) is 16.9 Å². The van der Waals surface area contributed by atoms with Crippen LogP contribution in [0.3, 0.4) is 0 Å². The fourth-order valence-electron chi connectivity index (χ4n) is 3.71. The molecule has 0 aliphatic carbocycles. The highest BCUT2D eigenvalue weighted by Crippen LogP contribution is 2.40. The van der Waals surface area contributed by atoms with E-state index in [9.17, 15) is 13.2 Å². The summed E-state index contributed by atoms with van der Waals surface area (Å²) < 4.78 is 52.1. The van der Waals surface area contributed by atoms with Gasteiger partial charge in [0.2, 0.25) is 0 Å². The molecule has 0 radical (unpaired) electrons. The molecule has 0 spiro atoms. The molecule has 0 atom stereocenters. The van der Waals surface area contributed by atoms with Gasteiger partial charge in [-0.1, -0.05) is 6.07 Å². The van der Waals surface area contributed by atoms with Crippen LogP contribution < -0.4 is 14.8 Å². The molecule has 2 aromatic carbocycles. The molecule has 1 aliphatic heterocycles. The van der Waals surface area contributed by atoms with Crippen molar-refractivity contribution in [3.63, 3.8) is 0 Å². The van der Waals surface area contributed by atoms with Gasteiger partial charge in [-0.2, -0.15) is 18.3 Å². The maximum absolute atomic E-state index is 13.3. The largest absolute Gasteiger partial charge is 0.497 e. The summed E-state index contributed by atoms with van der Waals surface area (Å²) in [5.41, 5.74) is 2.07. The Labute approximate surface area is 172 Å². The van der Waals surface area contributed by atoms with Crippen LogP contribution in [0.4, 0.5) is 19.0 Å². The molecule has 158 valence electrons. The molecule has 8 heteroatoms. The molecule has 1 aromatic heterocycles. The van der Waals surface area contributed by atoms with Gasteiger partial charge in [-0.25, -0.2) is 4.68 Å². The predicted octanol–water partition coefficient (Wildman–Crippen LogP) is 5.32. The molecule has 30 heavy (non-hydrogen) atoms. The van der Waals surface area contributed by atoms with Gasteiger partial charge in [0.1, 0.15) is 23.0 Å². The topological polar surface area (TPSA) is 48.3 Å². The Hall–Kier alpha value is -3.16. The second kappa shape index (κ2) is 7.93. The fraction of sp³-hybridized carbons (Fsp3) is 0.318. The van der Waals surface area contributed by atoms with Crippen molar-refractivity contribution in [2.75, 3.05) is 26.1 Å². The van der Waals surface area contributed by atoms with Gasteiger partial charge in [-0.05, 0) is 49.6 Å². The van der Waals surface area contributed by atoms with Crippen molar-refractivity contribution in [1.82, 2.24) is 9.78 Å². The van der Waals surface area contributed by atoms with Gasteiger partial charge in [0, 0.05) is 23.7 Å². The maximum atomic E-state index is 13.3. The molecule has 5 nitrogen and oxygen atoms in total. The first-order chi connectivity index (χ1) is 14.4. The molecule has 1 aliphatic rings. The molecule has 0 unspecified atom stereocenters. The number of aromatic nitrogens is 2. The minimum Gasteiger partial charge on any atom is -0.497 e. The average Bonchev–Trinajstić information content (AvgIpc) is 2.93. The lowest BCUT2D eigenvalue weighted by Crippen LogP contribution is -2.09. The molecule has 2 heterocycles. The van der Waals surface area contributed by atoms with Crippen molar-refractivity contribution < 1.29 is 22.6 Å². The van der Waals surface area contributed by atoms with Gasteiger partial charge in [0.25, 0.3) is 0 Å². The smallest absolute Gasteiger partial charge is 0.416 e. The number of halogens is 3. The number of hydrogen-bond acceptors (Lipinski definition) is 4. The van der Waals surface area contributed by atoms with Crippen molar-refractivity contribution in [3.8, 4) is 28.4 Å². The third-order valence-electron chi connectivity index (χ3n) is 5.21. The van der Waals surface area contributed by atoms with Crippen LogP contribution in [-0.4, -0.2) is 30.5 Å². The number of ether oxygens (including phenoxy) is 2. The van der Waals surface area contributed by atoms with E-state index in [4.69, 9.17) is 14.6 Å². The lowest BCUT2D eigenvalue weighted by atomic mass is 10.0. The number of anilines is 1. The number of benzene rings is 2. The molecule has 4 rings (SSSR count). The van der Waals surface area contributed by atoms with E-state index in [-0.39, 0.29) is 0 Å². The first-order valence-electron chi connectivity index (χ1n) is 9.68. The van der Waals surface area contributed by atoms with E-state index in [1.807, 2.05) is 12.1 Å². The highest BCUT2D eigenvalue weighted by Gasteiger charge is 2.31. The molecule has 0 fully saturated rings. The molecule has 0 bridgehead atoms. The second-order valence-electron chi connectivity index (χ2n) is 7.09. The van der Waals surface area contributed by atoms with E-state index in [2.05, 4.69) is 5.32 Å². The van der Waals surface area contributed by atoms with Gasteiger partial charge in [0.15, 0.2) is 0 Å². The van der Waals surface area contributed by atoms with Crippen LogP contribution in [0.5, 0.6) is 11.5 Å². The maximum Gasteiger partial charge on any atom is 0.416 e. The first kappa shape index (κ1) is 20.1. The molecule has 0 saturated heterocycles. The van der Waals surface area contributed by atoms with E-state index in [0.29, 0.717) is 22.9 Å². The summed E-state index contributed by atoms with van der Waals surface area (Å²) in [5, 5.41) is 8.08. The molecular weight excluding hydrogens is 395 g/mol. The van der Waals surface area contributed by atoms with Crippen molar-refractivity contribution in [1.29, 1.82) is 0 Å². The third-order valence-corrected chi connectivity index (χ3v) is 5.21. The van der Waals surface area contributed by atoms with Gasteiger partial charge < -0.3 is 14.8 Å².